The normalized spacial score (nSPS) is 13.1. The van der Waals surface area contributed by atoms with E-state index in [0.29, 0.717) is 5.56 Å². The van der Waals surface area contributed by atoms with E-state index in [1.807, 2.05) is 38.1 Å². The van der Waals surface area contributed by atoms with Gasteiger partial charge in [-0.15, -0.1) is 0 Å². The van der Waals surface area contributed by atoms with Crippen LogP contribution in [-0.2, 0) is 9.53 Å². The monoisotopic (exact) mass is 427 g/mol. The highest BCUT2D eigenvalue weighted by Crippen LogP contribution is 2.29. The molecule has 0 spiro atoms. The minimum absolute atomic E-state index is 0.00915. The van der Waals surface area contributed by atoms with Gasteiger partial charge >= 0.3 is 5.97 Å². The maximum absolute atomic E-state index is 13.0. The van der Waals surface area contributed by atoms with Crippen LogP contribution in [0.3, 0.4) is 0 Å². The Labute approximate surface area is 185 Å². The van der Waals surface area contributed by atoms with Gasteiger partial charge in [0.05, 0.1) is 11.6 Å². The molecule has 160 valence electrons. The van der Waals surface area contributed by atoms with E-state index in [9.17, 15) is 19.2 Å². The van der Waals surface area contributed by atoms with E-state index < -0.39 is 24.3 Å². The number of rotatable bonds is 5. The van der Waals surface area contributed by atoms with Crippen molar-refractivity contribution in [3.05, 3.63) is 106 Å². The molecule has 1 aliphatic carbocycles. The Morgan fingerprint density at radius 1 is 0.844 bits per heavy atom. The largest absolute Gasteiger partial charge is 0.452 e. The molecule has 1 atom stereocenters. The van der Waals surface area contributed by atoms with Gasteiger partial charge in [0, 0.05) is 22.3 Å². The van der Waals surface area contributed by atoms with E-state index in [0.717, 1.165) is 11.1 Å². The van der Waals surface area contributed by atoms with Crippen molar-refractivity contribution in [1.82, 2.24) is 5.32 Å². The fourth-order valence-corrected chi connectivity index (χ4v) is 3.96. The van der Waals surface area contributed by atoms with Crippen molar-refractivity contribution in [3.63, 3.8) is 0 Å². The average Bonchev–Trinajstić information content (AvgIpc) is 2.80. The first-order valence-corrected chi connectivity index (χ1v) is 10.2. The van der Waals surface area contributed by atoms with Gasteiger partial charge in [-0.25, -0.2) is 4.79 Å². The minimum atomic E-state index is -0.832. The number of hydrogen-bond donors (Lipinski definition) is 1. The lowest BCUT2D eigenvalue weighted by molar-refractivity contribution is -0.124. The second-order valence-electron chi connectivity index (χ2n) is 7.65. The predicted molar refractivity (Wildman–Crippen MR) is 118 cm³/mol. The molecule has 0 saturated carbocycles. The van der Waals surface area contributed by atoms with E-state index in [-0.39, 0.29) is 34.1 Å². The Bertz CT molecular complexity index is 1260. The summed E-state index contributed by atoms with van der Waals surface area (Å²) in [5.74, 6) is -2.04. The number of carbonyl (C=O) groups excluding carboxylic acids is 4. The third-order valence-electron chi connectivity index (χ3n) is 5.54. The maximum atomic E-state index is 13.0. The molecule has 0 bridgehead atoms. The van der Waals surface area contributed by atoms with Gasteiger partial charge in [-0.05, 0) is 31.0 Å². The van der Waals surface area contributed by atoms with E-state index in [1.165, 1.54) is 18.2 Å². The third kappa shape index (κ3) is 3.83. The molecule has 0 aromatic heterocycles. The van der Waals surface area contributed by atoms with E-state index in [4.69, 9.17) is 4.74 Å². The summed E-state index contributed by atoms with van der Waals surface area (Å²) < 4.78 is 5.18. The van der Waals surface area contributed by atoms with Crippen LogP contribution in [0.25, 0.3) is 0 Å². The fraction of sp³-hybridized carbons (Fsp3) is 0.154. The van der Waals surface area contributed by atoms with Gasteiger partial charge in [-0.3, -0.25) is 14.4 Å². The molecule has 6 heteroatoms. The second kappa shape index (κ2) is 8.59. The van der Waals surface area contributed by atoms with Crippen molar-refractivity contribution in [2.75, 3.05) is 6.61 Å². The van der Waals surface area contributed by atoms with Crippen molar-refractivity contribution in [2.24, 2.45) is 0 Å². The molecule has 1 amide bonds. The molecule has 3 aromatic carbocycles. The lowest BCUT2D eigenvalue weighted by Crippen LogP contribution is -2.32. The van der Waals surface area contributed by atoms with Gasteiger partial charge in [0.2, 0.25) is 0 Å². The quantitative estimate of drug-likeness (QED) is 0.489. The Morgan fingerprint density at radius 3 is 2.19 bits per heavy atom. The predicted octanol–water partition coefficient (Wildman–Crippen LogP) is 3.80. The molecule has 32 heavy (non-hydrogen) atoms. The van der Waals surface area contributed by atoms with E-state index >= 15 is 0 Å². The fourth-order valence-electron chi connectivity index (χ4n) is 3.96. The van der Waals surface area contributed by atoms with Crippen LogP contribution in [0.2, 0.25) is 0 Å². The van der Waals surface area contributed by atoms with Crippen LogP contribution in [-0.4, -0.2) is 30.0 Å². The molecule has 0 heterocycles. The molecule has 1 aliphatic rings. The number of nitrogens with one attached hydrogen (secondary N) is 1. The summed E-state index contributed by atoms with van der Waals surface area (Å²) in [6, 6.07) is 18.4. The van der Waals surface area contributed by atoms with Crippen LogP contribution in [0.1, 0.15) is 66.3 Å². The Kier molecular flexibility index (Phi) is 5.69. The number of ether oxygens (including phenoxy) is 1. The van der Waals surface area contributed by atoms with Gasteiger partial charge in [-0.2, -0.15) is 0 Å². The van der Waals surface area contributed by atoms with Gasteiger partial charge in [0.15, 0.2) is 18.2 Å². The Morgan fingerprint density at radius 2 is 1.47 bits per heavy atom. The highest BCUT2D eigenvalue weighted by molar-refractivity contribution is 6.30. The highest BCUT2D eigenvalue weighted by Gasteiger charge is 2.33. The second-order valence-corrected chi connectivity index (χ2v) is 7.65. The van der Waals surface area contributed by atoms with Crippen molar-refractivity contribution in [2.45, 2.75) is 19.9 Å². The van der Waals surface area contributed by atoms with Crippen molar-refractivity contribution in [1.29, 1.82) is 0 Å². The Balaban J connectivity index is 1.49. The molecule has 0 fully saturated rings. The van der Waals surface area contributed by atoms with Crippen molar-refractivity contribution < 1.29 is 23.9 Å². The van der Waals surface area contributed by atoms with Crippen molar-refractivity contribution in [3.8, 4) is 0 Å². The van der Waals surface area contributed by atoms with Crippen LogP contribution in [0.15, 0.2) is 66.7 Å². The van der Waals surface area contributed by atoms with Crippen LogP contribution < -0.4 is 5.32 Å². The number of benzene rings is 3. The summed E-state index contributed by atoms with van der Waals surface area (Å²) in [4.78, 5) is 50.9. The van der Waals surface area contributed by atoms with Gasteiger partial charge in [0.25, 0.3) is 5.91 Å². The molecule has 0 radical (unpaired) electrons. The zero-order valence-corrected chi connectivity index (χ0v) is 17.7. The lowest BCUT2D eigenvalue weighted by Gasteiger charge is -2.19. The molecule has 3 aromatic rings. The summed E-state index contributed by atoms with van der Waals surface area (Å²) in [7, 11) is 0. The number of ketones is 2. The summed E-state index contributed by atoms with van der Waals surface area (Å²) in [6.07, 6.45) is 0. The molecular weight excluding hydrogens is 406 g/mol. The lowest BCUT2D eigenvalue weighted by atomic mass is 9.82. The maximum Gasteiger partial charge on any atom is 0.339 e. The summed E-state index contributed by atoms with van der Waals surface area (Å²) in [5, 5.41) is 2.80. The number of amides is 1. The van der Waals surface area contributed by atoms with Crippen LogP contribution >= 0.6 is 0 Å². The highest BCUT2D eigenvalue weighted by atomic mass is 16.5. The number of esters is 1. The molecule has 0 aliphatic heterocycles. The first-order chi connectivity index (χ1) is 15.4. The number of hydrogen-bond acceptors (Lipinski definition) is 5. The smallest absolute Gasteiger partial charge is 0.339 e. The summed E-state index contributed by atoms with van der Waals surface area (Å²) in [5.41, 5.74) is 2.68. The molecule has 6 nitrogen and oxygen atoms in total. The zero-order chi connectivity index (χ0) is 22.8. The summed E-state index contributed by atoms with van der Waals surface area (Å²) >= 11 is 0. The Hall–Kier alpha value is -4.06. The molecular formula is C26H21NO5. The van der Waals surface area contributed by atoms with Crippen LogP contribution in [0.4, 0.5) is 0 Å². The molecule has 1 unspecified atom stereocenters. The van der Waals surface area contributed by atoms with E-state index in [1.54, 1.807) is 24.3 Å². The van der Waals surface area contributed by atoms with Gasteiger partial charge < -0.3 is 10.1 Å². The van der Waals surface area contributed by atoms with Crippen LogP contribution in [0.5, 0.6) is 0 Å². The molecule has 0 saturated heterocycles. The first kappa shape index (κ1) is 21.2. The topological polar surface area (TPSA) is 89.5 Å². The van der Waals surface area contributed by atoms with Gasteiger partial charge in [-0.1, -0.05) is 60.7 Å². The standard InChI is InChI=1S/C26H21NO5/c1-15-8-3-4-9-17(15)16(2)27-22(28)14-32-26(31)21-13-7-12-20-23(21)25(30)19-11-6-5-10-18(19)24(20)29/h3-13,16H,14H2,1-2H3,(H,27,28). The zero-order valence-electron chi connectivity index (χ0n) is 17.7. The minimum Gasteiger partial charge on any atom is -0.452 e. The van der Waals surface area contributed by atoms with E-state index in [2.05, 4.69) is 5.32 Å². The van der Waals surface area contributed by atoms with Gasteiger partial charge in [0.1, 0.15) is 0 Å². The average molecular weight is 427 g/mol. The number of aryl methyl sites for hydroxylation is 1. The molecule has 4 rings (SSSR count). The number of carbonyl (C=O) groups is 4. The summed E-state index contributed by atoms with van der Waals surface area (Å²) in [6.45, 7) is 3.29. The number of fused-ring (bicyclic) bond motifs is 2. The van der Waals surface area contributed by atoms with Crippen LogP contribution in [0, 0.1) is 6.92 Å². The third-order valence-corrected chi connectivity index (χ3v) is 5.54. The molecule has 1 N–H and O–H groups in total. The van der Waals surface area contributed by atoms with Crippen molar-refractivity contribution >= 4 is 23.4 Å². The first-order valence-electron chi connectivity index (χ1n) is 10.2. The SMILES string of the molecule is Cc1ccccc1C(C)NC(=O)COC(=O)c1cccc2c1C(=O)c1ccccc1C2=O.